The van der Waals surface area contributed by atoms with Crippen LogP contribution in [-0.2, 0) is 0 Å². The number of hydrogen-bond donors (Lipinski definition) is 0. The summed E-state index contributed by atoms with van der Waals surface area (Å²) in [6, 6.07) is 12.2. The molecular weight excluding hydrogens is 260 g/mol. The van der Waals surface area contributed by atoms with Gasteiger partial charge in [0.1, 0.15) is 0 Å². The van der Waals surface area contributed by atoms with Crippen LogP contribution in [0, 0.1) is 0 Å². The summed E-state index contributed by atoms with van der Waals surface area (Å²) in [5, 5.41) is 3.45. The quantitative estimate of drug-likeness (QED) is 0.616. The Balaban J connectivity index is 1.94. The lowest BCUT2D eigenvalue weighted by Crippen LogP contribution is -1.67. The van der Waals surface area contributed by atoms with E-state index in [4.69, 9.17) is 0 Å². The molecular formula is C15H10OS2. The average Bonchev–Trinajstić information content (AvgIpc) is 3.03. The van der Waals surface area contributed by atoms with Crippen molar-refractivity contribution >= 4 is 51.2 Å². The highest BCUT2D eigenvalue weighted by molar-refractivity contribution is 7.17. The molecule has 0 aliphatic rings. The van der Waals surface area contributed by atoms with Gasteiger partial charge in [-0.25, -0.2) is 0 Å². The number of thiophene rings is 2. The van der Waals surface area contributed by atoms with Crippen LogP contribution in [0.5, 0.6) is 0 Å². The van der Waals surface area contributed by atoms with Gasteiger partial charge in [-0.15, -0.1) is 22.7 Å². The van der Waals surface area contributed by atoms with E-state index in [2.05, 4.69) is 41.8 Å². The van der Waals surface area contributed by atoms with Gasteiger partial charge in [0.05, 0.1) is 4.88 Å². The Kier molecular flexibility index (Phi) is 3.09. The van der Waals surface area contributed by atoms with Gasteiger partial charge in [0.2, 0.25) is 0 Å². The first kappa shape index (κ1) is 11.4. The molecule has 0 radical (unpaired) electrons. The highest BCUT2D eigenvalue weighted by Gasteiger charge is 2.00. The van der Waals surface area contributed by atoms with Gasteiger partial charge in [-0.1, -0.05) is 24.3 Å². The summed E-state index contributed by atoms with van der Waals surface area (Å²) < 4.78 is 1.30. The highest BCUT2D eigenvalue weighted by atomic mass is 32.1. The molecule has 0 saturated heterocycles. The smallest absolute Gasteiger partial charge is 0.160 e. The minimum atomic E-state index is 0.768. The summed E-state index contributed by atoms with van der Waals surface area (Å²) in [7, 11) is 0. The van der Waals surface area contributed by atoms with Gasteiger partial charge in [0, 0.05) is 9.58 Å². The van der Waals surface area contributed by atoms with Gasteiger partial charge in [0.25, 0.3) is 0 Å². The predicted molar refractivity (Wildman–Crippen MR) is 80.5 cm³/mol. The van der Waals surface area contributed by atoms with E-state index in [0.29, 0.717) is 0 Å². The third-order valence-electron chi connectivity index (χ3n) is 2.70. The van der Waals surface area contributed by atoms with E-state index in [9.17, 15) is 4.79 Å². The summed E-state index contributed by atoms with van der Waals surface area (Å²) >= 11 is 3.26. The monoisotopic (exact) mass is 270 g/mol. The van der Waals surface area contributed by atoms with Gasteiger partial charge in [-0.05, 0) is 40.6 Å². The Morgan fingerprint density at radius 2 is 1.78 bits per heavy atom. The van der Waals surface area contributed by atoms with Crippen molar-refractivity contribution in [1.29, 1.82) is 0 Å². The van der Waals surface area contributed by atoms with E-state index >= 15 is 0 Å². The zero-order valence-electron chi connectivity index (χ0n) is 9.50. The van der Waals surface area contributed by atoms with Crippen LogP contribution in [0.1, 0.15) is 20.1 Å². The Morgan fingerprint density at radius 1 is 0.944 bits per heavy atom. The van der Waals surface area contributed by atoms with Crippen molar-refractivity contribution in [2.75, 3.05) is 0 Å². The second kappa shape index (κ2) is 4.88. The number of carbonyl (C=O) groups is 1. The molecule has 3 heteroatoms. The van der Waals surface area contributed by atoms with Crippen molar-refractivity contribution in [3.63, 3.8) is 0 Å². The molecule has 2 aromatic heterocycles. The molecule has 1 nitrogen and oxygen atoms in total. The molecule has 0 aliphatic heterocycles. The second-order valence-corrected chi connectivity index (χ2v) is 5.94. The van der Waals surface area contributed by atoms with Crippen LogP contribution in [0.15, 0.2) is 41.8 Å². The van der Waals surface area contributed by atoms with Crippen molar-refractivity contribution in [1.82, 2.24) is 0 Å². The topological polar surface area (TPSA) is 17.1 Å². The van der Waals surface area contributed by atoms with Gasteiger partial charge in [0.15, 0.2) is 6.29 Å². The lowest BCUT2D eigenvalue weighted by molar-refractivity contribution is 0.112. The van der Waals surface area contributed by atoms with Gasteiger partial charge in [-0.2, -0.15) is 0 Å². The van der Waals surface area contributed by atoms with E-state index < -0.39 is 0 Å². The minimum Gasteiger partial charge on any atom is -0.297 e. The highest BCUT2D eigenvalue weighted by Crippen LogP contribution is 2.27. The fourth-order valence-corrected chi connectivity index (χ4v) is 3.48. The summed E-state index contributed by atoms with van der Waals surface area (Å²) in [5.41, 5.74) is 1.23. The summed E-state index contributed by atoms with van der Waals surface area (Å²) in [4.78, 5) is 12.5. The Labute approximate surface area is 113 Å². The van der Waals surface area contributed by atoms with E-state index in [1.807, 2.05) is 12.1 Å². The van der Waals surface area contributed by atoms with Gasteiger partial charge in [-0.3, -0.25) is 4.79 Å². The molecule has 88 valence electrons. The largest absolute Gasteiger partial charge is 0.297 e. The molecule has 2 heterocycles. The van der Waals surface area contributed by atoms with Crippen molar-refractivity contribution < 1.29 is 4.79 Å². The van der Waals surface area contributed by atoms with E-state index in [0.717, 1.165) is 16.0 Å². The fourth-order valence-electron chi connectivity index (χ4n) is 1.82. The first-order chi connectivity index (χ1) is 8.86. The molecule has 0 saturated carbocycles. The molecule has 0 spiro atoms. The van der Waals surface area contributed by atoms with Crippen LogP contribution in [0.4, 0.5) is 0 Å². The molecule has 0 amide bonds. The lowest BCUT2D eigenvalue weighted by atomic mass is 10.1. The van der Waals surface area contributed by atoms with E-state index in [1.165, 1.54) is 27.0 Å². The SMILES string of the molecule is O=Cc1ccc(/C=C/c2csc3ccccc23)s1. The van der Waals surface area contributed by atoms with Gasteiger partial charge < -0.3 is 0 Å². The van der Waals surface area contributed by atoms with Crippen LogP contribution in [0.2, 0.25) is 0 Å². The van der Waals surface area contributed by atoms with E-state index in [1.54, 1.807) is 11.3 Å². The number of carbonyl (C=O) groups excluding carboxylic acids is 1. The molecule has 0 unspecified atom stereocenters. The first-order valence-corrected chi connectivity index (χ1v) is 7.26. The molecule has 0 N–H and O–H groups in total. The zero-order valence-corrected chi connectivity index (χ0v) is 11.1. The Morgan fingerprint density at radius 3 is 2.61 bits per heavy atom. The predicted octanol–water partition coefficient (Wildman–Crippen LogP) is 4.95. The van der Waals surface area contributed by atoms with Crippen molar-refractivity contribution in [2.24, 2.45) is 0 Å². The second-order valence-electron chi connectivity index (χ2n) is 3.88. The third kappa shape index (κ3) is 2.15. The molecule has 3 rings (SSSR count). The number of fused-ring (bicyclic) bond motifs is 1. The van der Waals surface area contributed by atoms with Crippen molar-refractivity contribution in [3.05, 3.63) is 57.1 Å². The van der Waals surface area contributed by atoms with Crippen LogP contribution in [0.25, 0.3) is 22.2 Å². The van der Waals surface area contributed by atoms with E-state index in [-0.39, 0.29) is 0 Å². The first-order valence-electron chi connectivity index (χ1n) is 5.56. The summed E-state index contributed by atoms with van der Waals surface area (Å²) in [6.07, 6.45) is 5.06. The van der Waals surface area contributed by atoms with Crippen LogP contribution < -0.4 is 0 Å². The van der Waals surface area contributed by atoms with Gasteiger partial charge >= 0.3 is 0 Å². The molecule has 0 atom stereocenters. The summed E-state index contributed by atoms with van der Waals surface area (Å²) in [6.45, 7) is 0. The van der Waals surface area contributed by atoms with Crippen molar-refractivity contribution in [3.8, 4) is 0 Å². The maximum Gasteiger partial charge on any atom is 0.160 e. The minimum absolute atomic E-state index is 0.768. The maximum absolute atomic E-state index is 10.6. The molecule has 18 heavy (non-hydrogen) atoms. The van der Waals surface area contributed by atoms with Crippen LogP contribution in [-0.4, -0.2) is 6.29 Å². The number of benzene rings is 1. The van der Waals surface area contributed by atoms with Crippen LogP contribution >= 0.6 is 22.7 Å². The standard InChI is InChI=1S/C15H10OS2/c16-9-13-8-7-12(18-13)6-5-11-10-17-15-4-2-1-3-14(11)15/h1-10H/b6-5+. The summed E-state index contributed by atoms with van der Waals surface area (Å²) in [5.74, 6) is 0. The number of rotatable bonds is 3. The third-order valence-corrected chi connectivity index (χ3v) is 4.66. The van der Waals surface area contributed by atoms with Crippen LogP contribution in [0.3, 0.4) is 0 Å². The fraction of sp³-hybridized carbons (Fsp3) is 0. The van der Waals surface area contributed by atoms with Crippen molar-refractivity contribution in [2.45, 2.75) is 0 Å². The lowest BCUT2D eigenvalue weighted by Gasteiger charge is -1.90. The molecule has 0 fully saturated rings. The molecule has 0 bridgehead atoms. The number of hydrogen-bond acceptors (Lipinski definition) is 3. The normalized spacial score (nSPS) is 11.3. The Bertz CT molecular complexity index is 719. The molecule has 1 aromatic carbocycles. The molecule has 3 aromatic rings. The molecule has 0 aliphatic carbocycles. The zero-order chi connectivity index (χ0) is 12.4. The average molecular weight is 270 g/mol. The Hall–Kier alpha value is -1.71. The number of aldehydes is 1. The maximum atomic E-state index is 10.6.